The van der Waals surface area contributed by atoms with E-state index in [9.17, 15) is 9.18 Å². The first kappa shape index (κ1) is 18.2. The highest BCUT2D eigenvalue weighted by Gasteiger charge is 2.12. The zero-order valence-electron chi connectivity index (χ0n) is 14.4. The summed E-state index contributed by atoms with van der Waals surface area (Å²) < 4.78 is 24.2. The molecule has 0 saturated heterocycles. The van der Waals surface area contributed by atoms with Crippen LogP contribution in [0.4, 0.5) is 4.39 Å². The van der Waals surface area contributed by atoms with Crippen LogP contribution in [0.2, 0.25) is 0 Å². The number of hydrogen-bond donors (Lipinski definition) is 1. The SMILES string of the molecule is N#Cc1ccccc1OCc1ccc(C(=O)NCCc2cccc(F)c2)o1. The first-order valence-electron chi connectivity index (χ1n) is 8.39. The molecule has 136 valence electrons. The Morgan fingerprint density at radius 1 is 1.15 bits per heavy atom. The highest BCUT2D eigenvalue weighted by atomic mass is 19.1. The molecule has 1 heterocycles. The van der Waals surface area contributed by atoms with Crippen molar-refractivity contribution in [2.24, 2.45) is 0 Å². The lowest BCUT2D eigenvalue weighted by molar-refractivity contribution is 0.0922. The second-order valence-corrected chi connectivity index (χ2v) is 5.80. The summed E-state index contributed by atoms with van der Waals surface area (Å²) >= 11 is 0. The van der Waals surface area contributed by atoms with E-state index in [2.05, 4.69) is 11.4 Å². The lowest BCUT2D eigenvalue weighted by atomic mass is 10.1. The van der Waals surface area contributed by atoms with Crippen molar-refractivity contribution in [2.45, 2.75) is 13.0 Å². The first-order chi connectivity index (χ1) is 13.2. The van der Waals surface area contributed by atoms with Crippen LogP contribution in [0.25, 0.3) is 0 Å². The zero-order valence-corrected chi connectivity index (χ0v) is 14.4. The van der Waals surface area contributed by atoms with Crippen molar-refractivity contribution < 1.29 is 18.3 Å². The van der Waals surface area contributed by atoms with Gasteiger partial charge in [-0.25, -0.2) is 4.39 Å². The summed E-state index contributed by atoms with van der Waals surface area (Å²) in [5.41, 5.74) is 1.24. The maximum atomic E-state index is 13.1. The van der Waals surface area contributed by atoms with Crippen LogP contribution in [-0.4, -0.2) is 12.5 Å². The number of carbonyl (C=O) groups excluding carboxylic acids is 1. The molecule has 1 aromatic heterocycles. The molecule has 0 radical (unpaired) electrons. The van der Waals surface area contributed by atoms with Crippen LogP contribution in [0.1, 0.15) is 27.4 Å². The van der Waals surface area contributed by atoms with Gasteiger partial charge in [0.15, 0.2) is 5.76 Å². The standard InChI is InChI=1S/C21H17FN2O3/c22-17-6-3-4-15(12-17)10-11-24-21(25)20-9-8-18(27-20)14-26-19-7-2-1-5-16(19)13-23/h1-9,12H,10-11,14H2,(H,24,25). The highest BCUT2D eigenvalue weighted by Crippen LogP contribution is 2.19. The lowest BCUT2D eigenvalue weighted by Crippen LogP contribution is -2.25. The van der Waals surface area contributed by atoms with Gasteiger partial charge < -0.3 is 14.5 Å². The number of amides is 1. The van der Waals surface area contributed by atoms with E-state index in [0.717, 1.165) is 5.56 Å². The predicted octanol–water partition coefficient (Wildman–Crippen LogP) is 3.84. The maximum Gasteiger partial charge on any atom is 0.287 e. The molecule has 27 heavy (non-hydrogen) atoms. The summed E-state index contributed by atoms with van der Waals surface area (Å²) in [5.74, 6) is 0.444. The molecule has 5 nitrogen and oxygen atoms in total. The summed E-state index contributed by atoms with van der Waals surface area (Å²) in [5, 5.41) is 11.8. The van der Waals surface area contributed by atoms with Crippen molar-refractivity contribution in [1.29, 1.82) is 5.26 Å². The second kappa shape index (κ2) is 8.68. The number of ether oxygens (including phenoxy) is 1. The Morgan fingerprint density at radius 3 is 2.81 bits per heavy atom. The van der Waals surface area contributed by atoms with Gasteiger partial charge in [-0.2, -0.15) is 5.26 Å². The molecule has 0 bridgehead atoms. The van der Waals surface area contributed by atoms with Gasteiger partial charge in [0.05, 0.1) is 5.56 Å². The molecule has 2 aromatic carbocycles. The number of halogens is 1. The first-order valence-corrected chi connectivity index (χ1v) is 8.39. The third kappa shape index (κ3) is 4.95. The Bertz CT molecular complexity index is 975. The Hall–Kier alpha value is -3.59. The summed E-state index contributed by atoms with van der Waals surface area (Å²) in [6.45, 7) is 0.472. The smallest absolute Gasteiger partial charge is 0.287 e. The van der Waals surface area contributed by atoms with Crippen molar-refractivity contribution in [3.8, 4) is 11.8 Å². The van der Waals surface area contributed by atoms with Gasteiger partial charge in [-0.3, -0.25) is 4.79 Å². The monoisotopic (exact) mass is 364 g/mol. The fourth-order valence-electron chi connectivity index (χ4n) is 2.51. The van der Waals surface area contributed by atoms with E-state index >= 15 is 0 Å². The minimum Gasteiger partial charge on any atom is -0.484 e. The minimum absolute atomic E-state index is 0.106. The number of nitrogens with zero attached hydrogens (tertiary/aromatic N) is 1. The van der Waals surface area contributed by atoms with Crippen LogP contribution in [0.5, 0.6) is 5.75 Å². The number of benzene rings is 2. The number of nitriles is 1. The van der Waals surface area contributed by atoms with Gasteiger partial charge in [-0.1, -0.05) is 24.3 Å². The third-order valence-corrected chi connectivity index (χ3v) is 3.85. The molecule has 3 aromatic rings. The van der Waals surface area contributed by atoms with Gasteiger partial charge in [0.2, 0.25) is 0 Å². The predicted molar refractivity (Wildman–Crippen MR) is 96.6 cm³/mol. The molecule has 0 unspecified atom stereocenters. The number of nitrogens with one attached hydrogen (secondary N) is 1. The fourth-order valence-corrected chi connectivity index (χ4v) is 2.51. The van der Waals surface area contributed by atoms with E-state index in [1.165, 1.54) is 12.1 Å². The molecule has 0 aliphatic carbocycles. The maximum absolute atomic E-state index is 13.1. The molecule has 1 N–H and O–H groups in total. The summed E-state index contributed by atoms with van der Waals surface area (Å²) in [7, 11) is 0. The molecule has 0 aliphatic rings. The number of furan rings is 1. The van der Waals surface area contributed by atoms with Gasteiger partial charge in [0.1, 0.15) is 30.0 Å². The van der Waals surface area contributed by atoms with Crippen LogP contribution < -0.4 is 10.1 Å². The zero-order chi connectivity index (χ0) is 19.1. The van der Waals surface area contributed by atoms with Crippen LogP contribution >= 0.6 is 0 Å². The molecule has 3 rings (SSSR count). The average Bonchev–Trinajstić information content (AvgIpc) is 3.16. The average molecular weight is 364 g/mol. The van der Waals surface area contributed by atoms with Gasteiger partial charge in [-0.15, -0.1) is 0 Å². The molecule has 0 aliphatic heterocycles. The van der Waals surface area contributed by atoms with Crippen LogP contribution in [0, 0.1) is 17.1 Å². The topological polar surface area (TPSA) is 75.3 Å². The Labute approximate surface area is 156 Å². The lowest BCUT2D eigenvalue weighted by Gasteiger charge is -2.06. The normalized spacial score (nSPS) is 10.2. The van der Waals surface area contributed by atoms with Gasteiger partial charge in [0, 0.05) is 6.54 Å². The molecule has 1 amide bonds. The van der Waals surface area contributed by atoms with E-state index < -0.39 is 0 Å². The van der Waals surface area contributed by atoms with Crippen LogP contribution in [-0.2, 0) is 13.0 Å². The van der Waals surface area contributed by atoms with Crippen molar-refractivity contribution in [3.63, 3.8) is 0 Å². The van der Waals surface area contributed by atoms with Crippen LogP contribution in [0.15, 0.2) is 65.1 Å². The molecular formula is C21H17FN2O3. The van der Waals surface area contributed by atoms with Gasteiger partial charge >= 0.3 is 0 Å². The Morgan fingerprint density at radius 2 is 2.00 bits per heavy atom. The van der Waals surface area contributed by atoms with Gasteiger partial charge in [-0.05, 0) is 48.4 Å². The van der Waals surface area contributed by atoms with Crippen molar-refractivity contribution in [3.05, 3.63) is 89.1 Å². The second-order valence-electron chi connectivity index (χ2n) is 5.80. The van der Waals surface area contributed by atoms with E-state index in [0.29, 0.717) is 30.0 Å². The molecule has 0 fully saturated rings. The van der Waals surface area contributed by atoms with E-state index in [1.54, 1.807) is 48.5 Å². The summed E-state index contributed by atoms with van der Waals surface area (Å²) in [6.07, 6.45) is 0.519. The van der Waals surface area contributed by atoms with E-state index in [-0.39, 0.29) is 24.1 Å². The molecule has 6 heteroatoms. The van der Waals surface area contributed by atoms with Crippen LogP contribution in [0.3, 0.4) is 0 Å². The highest BCUT2D eigenvalue weighted by molar-refractivity contribution is 5.91. The summed E-state index contributed by atoms with van der Waals surface area (Å²) in [6, 6.07) is 18.4. The summed E-state index contributed by atoms with van der Waals surface area (Å²) in [4.78, 5) is 12.1. The number of carbonyl (C=O) groups is 1. The van der Waals surface area contributed by atoms with Crippen molar-refractivity contribution >= 4 is 5.91 Å². The van der Waals surface area contributed by atoms with E-state index in [1.807, 2.05) is 0 Å². The van der Waals surface area contributed by atoms with E-state index in [4.69, 9.17) is 14.4 Å². The quantitative estimate of drug-likeness (QED) is 0.691. The molecule has 0 spiro atoms. The Balaban J connectivity index is 1.51. The van der Waals surface area contributed by atoms with Crippen molar-refractivity contribution in [2.75, 3.05) is 6.54 Å². The Kier molecular flexibility index (Phi) is 5.85. The molecular weight excluding hydrogens is 347 g/mol. The number of rotatable bonds is 7. The molecule has 0 saturated carbocycles. The van der Waals surface area contributed by atoms with Crippen molar-refractivity contribution in [1.82, 2.24) is 5.32 Å². The number of para-hydroxylation sites is 1. The number of hydrogen-bond acceptors (Lipinski definition) is 4. The molecule has 0 atom stereocenters. The third-order valence-electron chi connectivity index (χ3n) is 3.85. The fraction of sp³-hybridized carbons (Fsp3) is 0.143. The largest absolute Gasteiger partial charge is 0.484 e. The minimum atomic E-state index is -0.352. The van der Waals surface area contributed by atoms with Gasteiger partial charge in [0.25, 0.3) is 5.91 Å².